The number of methoxy groups -OCH3 is 1. The number of hydrogen-bond acceptors (Lipinski definition) is 7. The number of benzene rings is 3. The molecule has 0 fully saturated rings. The van der Waals surface area contributed by atoms with Gasteiger partial charge in [0.25, 0.3) is 0 Å². The van der Waals surface area contributed by atoms with E-state index in [9.17, 15) is 9.90 Å². The Morgan fingerprint density at radius 1 is 1.05 bits per heavy atom. The van der Waals surface area contributed by atoms with Gasteiger partial charge in [-0.05, 0) is 46.0 Å². The van der Waals surface area contributed by atoms with E-state index in [0.717, 1.165) is 22.1 Å². The van der Waals surface area contributed by atoms with E-state index < -0.39 is 5.92 Å². The molecule has 1 aliphatic heterocycles. The Hall–Kier alpha value is -4.72. The van der Waals surface area contributed by atoms with Crippen molar-refractivity contribution in [3.63, 3.8) is 0 Å². The van der Waals surface area contributed by atoms with E-state index in [1.165, 1.54) is 0 Å². The lowest BCUT2D eigenvalue weighted by molar-refractivity contribution is -0.118. The highest BCUT2D eigenvalue weighted by molar-refractivity contribution is 6.00. The maximum absolute atomic E-state index is 13.6. The number of aromatic nitrogens is 4. The summed E-state index contributed by atoms with van der Waals surface area (Å²) in [7, 11) is 1.62. The van der Waals surface area contributed by atoms with Crippen LogP contribution in [0.5, 0.6) is 17.4 Å². The monoisotopic (exact) mass is 518 g/mol. The minimum absolute atomic E-state index is 0.0571. The van der Waals surface area contributed by atoms with E-state index in [1.807, 2.05) is 54.6 Å². The number of nitrogens with zero attached hydrogens (tertiary/aromatic N) is 4. The van der Waals surface area contributed by atoms with Crippen LogP contribution in [0.15, 0.2) is 78.3 Å². The molecule has 3 heterocycles. The minimum atomic E-state index is -0.434. The summed E-state index contributed by atoms with van der Waals surface area (Å²) in [6.07, 6.45) is 2.63. The van der Waals surface area contributed by atoms with Crippen molar-refractivity contribution >= 4 is 22.2 Å². The summed E-state index contributed by atoms with van der Waals surface area (Å²) in [5, 5.41) is 17.4. The molecule has 2 aromatic heterocycles. The van der Waals surface area contributed by atoms with Gasteiger partial charge >= 0.3 is 0 Å². The van der Waals surface area contributed by atoms with Gasteiger partial charge in [-0.25, -0.2) is 14.5 Å². The van der Waals surface area contributed by atoms with E-state index in [0.29, 0.717) is 52.7 Å². The molecule has 2 aliphatic rings. The van der Waals surface area contributed by atoms with Crippen molar-refractivity contribution in [3.8, 4) is 28.8 Å². The first-order chi connectivity index (χ1) is 18.8. The zero-order valence-electron chi connectivity index (χ0n) is 21.8. The van der Waals surface area contributed by atoms with Crippen LogP contribution in [0, 0.1) is 5.41 Å². The van der Waals surface area contributed by atoms with Crippen LogP contribution < -0.4 is 9.47 Å². The van der Waals surface area contributed by atoms with Gasteiger partial charge in [0, 0.05) is 24.3 Å². The molecule has 5 aromatic rings. The highest BCUT2D eigenvalue weighted by atomic mass is 16.5. The predicted octanol–water partition coefficient (Wildman–Crippen LogP) is 5.83. The second-order valence-electron chi connectivity index (χ2n) is 11.0. The Morgan fingerprint density at radius 3 is 2.54 bits per heavy atom. The molecule has 8 nitrogen and oxygen atoms in total. The van der Waals surface area contributed by atoms with Crippen LogP contribution in [0.4, 0.5) is 0 Å². The Morgan fingerprint density at radius 2 is 1.79 bits per heavy atom. The van der Waals surface area contributed by atoms with Crippen LogP contribution in [-0.4, -0.2) is 37.6 Å². The number of allylic oxidation sites excluding steroid dienone is 2. The molecule has 0 saturated carbocycles. The van der Waals surface area contributed by atoms with E-state index in [-0.39, 0.29) is 16.9 Å². The normalized spacial score (nSPS) is 18.1. The smallest absolute Gasteiger partial charge is 0.228 e. The van der Waals surface area contributed by atoms with Gasteiger partial charge in [0.05, 0.1) is 18.2 Å². The third-order valence-corrected chi connectivity index (χ3v) is 7.62. The van der Waals surface area contributed by atoms with Crippen molar-refractivity contribution in [1.82, 2.24) is 19.6 Å². The molecule has 194 valence electrons. The van der Waals surface area contributed by atoms with Gasteiger partial charge in [0.1, 0.15) is 23.6 Å². The average molecular weight is 519 g/mol. The number of aromatic hydroxyl groups is 1. The predicted molar refractivity (Wildman–Crippen MR) is 146 cm³/mol. The van der Waals surface area contributed by atoms with E-state index in [1.54, 1.807) is 24.0 Å². The molecule has 39 heavy (non-hydrogen) atoms. The molecule has 1 aliphatic carbocycles. The summed E-state index contributed by atoms with van der Waals surface area (Å²) < 4.78 is 13.3. The molecule has 0 unspecified atom stereocenters. The lowest BCUT2D eigenvalue weighted by Gasteiger charge is -2.37. The van der Waals surface area contributed by atoms with Gasteiger partial charge < -0.3 is 14.6 Å². The first-order valence-electron chi connectivity index (χ1n) is 12.9. The van der Waals surface area contributed by atoms with Crippen LogP contribution in [0.3, 0.4) is 0 Å². The highest BCUT2D eigenvalue weighted by Crippen LogP contribution is 2.50. The first kappa shape index (κ1) is 23.4. The Labute approximate surface area is 224 Å². The van der Waals surface area contributed by atoms with E-state index >= 15 is 0 Å². The van der Waals surface area contributed by atoms with E-state index in [2.05, 4.69) is 23.9 Å². The molecule has 8 heteroatoms. The molecule has 1 atom stereocenters. The zero-order chi connectivity index (χ0) is 26.9. The minimum Gasteiger partial charge on any atom is -0.507 e. The summed E-state index contributed by atoms with van der Waals surface area (Å²) in [4.78, 5) is 23.1. The van der Waals surface area contributed by atoms with Gasteiger partial charge in [-0.3, -0.25) is 4.79 Å². The summed E-state index contributed by atoms with van der Waals surface area (Å²) in [5.41, 5.74) is 3.05. The third kappa shape index (κ3) is 3.74. The molecule has 7 rings (SSSR count). The standard InChI is InChI=1S/C31H26N4O4/c1-31(2)14-23(37)26-24(15-31)39-30-27(25(26)17-8-10-20(38-3)11-9-17)29-33-28(34-35(29)16-32-30)21-12-18-6-4-5-7-19(18)13-22(21)36/h4-13,16,25,36H,14-15H2,1-3H3/t25-/m0/s1. The van der Waals surface area contributed by atoms with Gasteiger partial charge in [0.15, 0.2) is 17.3 Å². The number of phenolic OH excluding ortho intramolecular Hbond substituents is 1. The van der Waals surface area contributed by atoms with Gasteiger partial charge in [0.2, 0.25) is 5.88 Å². The van der Waals surface area contributed by atoms with Crippen molar-refractivity contribution in [1.29, 1.82) is 0 Å². The SMILES string of the molecule is COc1ccc([C@H]2C3=C(CC(C)(C)CC3=O)Oc3ncn4nc(-c5cc6ccccc6cc5O)nc4c32)cc1. The number of phenols is 1. The zero-order valence-corrected chi connectivity index (χ0v) is 21.8. The van der Waals surface area contributed by atoms with Crippen molar-refractivity contribution in [2.24, 2.45) is 5.41 Å². The van der Waals surface area contributed by atoms with Gasteiger partial charge in [-0.2, -0.15) is 0 Å². The first-order valence-corrected chi connectivity index (χ1v) is 12.9. The molecule has 0 spiro atoms. The maximum Gasteiger partial charge on any atom is 0.228 e. The van der Waals surface area contributed by atoms with Gasteiger partial charge in [-0.15, -0.1) is 5.10 Å². The molecule has 0 amide bonds. The van der Waals surface area contributed by atoms with Crippen LogP contribution in [0.1, 0.15) is 43.7 Å². The van der Waals surface area contributed by atoms with Crippen molar-refractivity contribution in [2.45, 2.75) is 32.6 Å². The van der Waals surface area contributed by atoms with Crippen LogP contribution >= 0.6 is 0 Å². The van der Waals surface area contributed by atoms with E-state index in [4.69, 9.17) is 14.5 Å². The van der Waals surface area contributed by atoms with Crippen molar-refractivity contribution in [3.05, 3.63) is 89.5 Å². The summed E-state index contributed by atoms with van der Waals surface area (Å²) in [6.45, 7) is 4.15. The molecule has 0 saturated heterocycles. The number of fused-ring (bicyclic) bond motifs is 4. The number of rotatable bonds is 3. The quantitative estimate of drug-likeness (QED) is 0.321. The van der Waals surface area contributed by atoms with Crippen LogP contribution in [0.25, 0.3) is 27.8 Å². The molecule has 1 N–H and O–H groups in total. The largest absolute Gasteiger partial charge is 0.507 e. The van der Waals surface area contributed by atoms with Crippen LogP contribution in [0.2, 0.25) is 0 Å². The van der Waals surface area contributed by atoms with Crippen LogP contribution in [-0.2, 0) is 4.79 Å². The average Bonchev–Trinajstić information content (AvgIpc) is 3.35. The highest BCUT2D eigenvalue weighted by Gasteiger charge is 2.44. The summed E-state index contributed by atoms with van der Waals surface area (Å²) in [5.74, 6) is 1.87. The van der Waals surface area contributed by atoms with Crippen molar-refractivity contribution in [2.75, 3.05) is 7.11 Å². The Balaban J connectivity index is 1.45. The summed E-state index contributed by atoms with van der Waals surface area (Å²) in [6, 6.07) is 19.1. The molecule has 0 bridgehead atoms. The Kier molecular flexibility index (Phi) is 5.04. The second kappa shape index (κ2) is 8.39. The number of hydrogen-bond donors (Lipinski definition) is 1. The summed E-state index contributed by atoms with van der Waals surface area (Å²) >= 11 is 0. The number of carbonyl (C=O) groups is 1. The topological polar surface area (TPSA) is 98.8 Å². The molecule has 0 radical (unpaired) electrons. The number of ether oxygens (including phenoxy) is 2. The fourth-order valence-corrected chi connectivity index (χ4v) is 5.80. The second-order valence-corrected chi connectivity index (χ2v) is 11.0. The number of carbonyl (C=O) groups excluding carboxylic acids is 1. The molecule has 3 aromatic carbocycles. The molecular formula is C31H26N4O4. The fraction of sp³-hybridized carbons (Fsp3) is 0.226. The molecular weight excluding hydrogens is 492 g/mol. The fourth-order valence-electron chi connectivity index (χ4n) is 5.80. The lowest BCUT2D eigenvalue weighted by Crippen LogP contribution is -2.33. The van der Waals surface area contributed by atoms with Gasteiger partial charge in [-0.1, -0.05) is 50.2 Å². The number of Topliss-reactive ketones (excluding diaryl/α,β-unsaturated/α-hetero) is 1. The number of ketones is 1. The Bertz CT molecular complexity index is 1840. The van der Waals surface area contributed by atoms with Crippen molar-refractivity contribution < 1.29 is 19.4 Å². The maximum atomic E-state index is 13.6. The third-order valence-electron chi connectivity index (χ3n) is 7.62. The lowest BCUT2D eigenvalue weighted by atomic mass is 9.70.